The van der Waals surface area contributed by atoms with Crippen molar-refractivity contribution < 1.29 is 23.4 Å². The molecular weight excluding hydrogens is 206 g/mol. The van der Waals surface area contributed by atoms with Crippen molar-refractivity contribution in [1.29, 1.82) is 0 Å². The molecule has 1 atom stereocenters. The van der Waals surface area contributed by atoms with E-state index in [1.807, 2.05) is 0 Å². The van der Waals surface area contributed by atoms with Crippen molar-refractivity contribution in [1.82, 2.24) is 0 Å². The van der Waals surface area contributed by atoms with Crippen LogP contribution in [-0.2, 0) is 4.79 Å². The Kier molecular flexibility index (Phi) is 3.24. The minimum atomic E-state index is -2.53. The van der Waals surface area contributed by atoms with E-state index in [0.717, 1.165) is 13.0 Å². The maximum absolute atomic E-state index is 13.2. The highest BCUT2D eigenvalue weighted by atomic mass is 19.1. The van der Waals surface area contributed by atoms with Gasteiger partial charge in [-0.3, -0.25) is 0 Å². The summed E-state index contributed by atoms with van der Waals surface area (Å²) in [4.78, 5) is 10.4. The average molecular weight is 216 g/mol. The van der Waals surface area contributed by atoms with Crippen LogP contribution >= 0.6 is 0 Å². The molecule has 0 saturated carbocycles. The largest absolute Gasteiger partial charge is 0.487 e. The third-order valence-corrected chi connectivity index (χ3v) is 1.78. The quantitative estimate of drug-likeness (QED) is 0.837. The van der Waals surface area contributed by atoms with Crippen molar-refractivity contribution in [2.24, 2.45) is 0 Å². The van der Waals surface area contributed by atoms with Crippen molar-refractivity contribution in [3.05, 3.63) is 30.1 Å². The zero-order valence-electron chi connectivity index (χ0n) is 8.04. The Balaban J connectivity index is 2.66. The molecule has 5 heteroatoms. The minimum Gasteiger partial charge on any atom is -0.487 e. The molecule has 3 nitrogen and oxygen atoms in total. The van der Waals surface area contributed by atoms with Crippen LogP contribution in [0.1, 0.15) is 6.92 Å². The van der Waals surface area contributed by atoms with E-state index < -0.39 is 24.1 Å². The first-order valence-electron chi connectivity index (χ1n) is 4.23. The fourth-order valence-electron chi connectivity index (χ4n) is 0.837. The summed E-state index contributed by atoms with van der Waals surface area (Å²) < 4.78 is 30.9. The van der Waals surface area contributed by atoms with Crippen molar-refractivity contribution in [2.75, 3.05) is 6.61 Å². The van der Waals surface area contributed by atoms with E-state index in [0.29, 0.717) is 0 Å². The molecule has 15 heavy (non-hydrogen) atoms. The summed E-state index contributed by atoms with van der Waals surface area (Å²) in [6, 6.07) is 5.40. The summed E-state index contributed by atoms with van der Waals surface area (Å²) in [5, 5.41) is 8.44. The van der Waals surface area contributed by atoms with E-state index in [4.69, 9.17) is 9.84 Å². The zero-order chi connectivity index (χ0) is 11.5. The monoisotopic (exact) mass is 216 g/mol. The minimum absolute atomic E-state index is 0.164. The van der Waals surface area contributed by atoms with Gasteiger partial charge in [0.2, 0.25) is 5.67 Å². The molecule has 82 valence electrons. The van der Waals surface area contributed by atoms with Crippen molar-refractivity contribution in [3.8, 4) is 5.75 Å². The summed E-state index contributed by atoms with van der Waals surface area (Å²) in [5.41, 5.74) is -2.53. The lowest BCUT2D eigenvalue weighted by Crippen LogP contribution is -2.36. The number of hydrogen-bond donors (Lipinski definition) is 1. The second-order valence-corrected chi connectivity index (χ2v) is 3.22. The lowest BCUT2D eigenvalue weighted by atomic mass is 10.1. The number of ether oxygens (including phenoxy) is 1. The van der Waals surface area contributed by atoms with Crippen LogP contribution in [0.3, 0.4) is 0 Å². The molecule has 0 radical (unpaired) electrons. The lowest BCUT2D eigenvalue weighted by Gasteiger charge is -2.15. The molecule has 0 bridgehead atoms. The molecule has 0 heterocycles. The fraction of sp³-hybridized carbons (Fsp3) is 0.300. The average Bonchev–Trinajstić information content (AvgIpc) is 2.16. The number of halogens is 2. The van der Waals surface area contributed by atoms with Crippen LogP contribution in [0.25, 0.3) is 0 Å². The predicted molar refractivity (Wildman–Crippen MR) is 49.0 cm³/mol. The van der Waals surface area contributed by atoms with Crippen LogP contribution in [0.2, 0.25) is 0 Å². The standard InChI is InChI=1S/C10H10F2O3/c1-10(12,9(13)14)6-15-8-5-3-2-4-7(8)11/h2-5H,6H2,1H3,(H,13,14). The van der Waals surface area contributed by atoms with Gasteiger partial charge in [0.15, 0.2) is 11.6 Å². The van der Waals surface area contributed by atoms with Gasteiger partial charge in [0.25, 0.3) is 0 Å². The molecule has 0 aliphatic heterocycles. The normalized spacial score (nSPS) is 14.3. The molecule has 0 aliphatic carbocycles. The highest BCUT2D eigenvalue weighted by Gasteiger charge is 2.34. The molecule has 1 aromatic rings. The molecule has 0 saturated heterocycles. The van der Waals surface area contributed by atoms with Gasteiger partial charge in [0.05, 0.1) is 0 Å². The van der Waals surface area contributed by atoms with Gasteiger partial charge in [-0.1, -0.05) is 12.1 Å². The summed E-state index contributed by atoms with van der Waals surface area (Å²) in [7, 11) is 0. The summed E-state index contributed by atoms with van der Waals surface area (Å²) in [5.74, 6) is -2.46. The van der Waals surface area contributed by atoms with Gasteiger partial charge in [0, 0.05) is 0 Å². The van der Waals surface area contributed by atoms with E-state index in [1.54, 1.807) is 0 Å². The maximum Gasteiger partial charge on any atom is 0.344 e. The molecule has 0 spiro atoms. The van der Waals surface area contributed by atoms with E-state index in [2.05, 4.69) is 0 Å². The van der Waals surface area contributed by atoms with Gasteiger partial charge in [0.1, 0.15) is 6.61 Å². The Morgan fingerprint density at radius 3 is 2.67 bits per heavy atom. The van der Waals surface area contributed by atoms with Crippen LogP contribution in [-0.4, -0.2) is 23.4 Å². The summed E-state index contributed by atoms with van der Waals surface area (Å²) in [6.07, 6.45) is 0. The Labute approximate surface area is 85.3 Å². The second-order valence-electron chi connectivity index (χ2n) is 3.22. The molecule has 1 unspecified atom stereocenters. The van der Waals surface area contributed by atoms with Crippen LogP contribution in [0.5, 0.6) is 5.75 Å². The van der Waals surface area contributed by atoms with E-state index >= 15 is 0 Å². The van der Waals surface area contributed by atoms with Crippen molar-refractivity contribution in [2.45, 2.75) is 12.6 Å². The van der Waals surface area contributed by atoms with Crippen LogP contribution in [0.4, 0.5) is 8.78 Å². The molecular formula is C10H10F2O3. The Morgan fingerprint density at radius 2 is 2.13 bits per heavy atom. The molecule has 0 amide bonds. The Bertz CT molecular complexity index is 363. The number of benzene rings is 1. The predicted octanol–water partition coefficient (Wildman–Crippen LogP) is 2.02. The third-order valence-electron chi connectivity index (χ3n) is 1.78. The smallest absolute Gasteiger partial charge is 0.344 e. The van der Waals surface area contributed by atoms with Crippen LogP contribution < -0.4 is 4.74 Å². The highest BCUT2D eigenvalue weighted by Crippen LogP contribution is 2.18. The van der Waals surface area contributed by atoms with Crippen molar-refractivity contribution >= 4 is 5.97 Å². The van der Waals surface area contributed by atoms with Gasteiger partial charge in [-0.15, -0.1) is 0 Å². The van der Waals surface area contributed by atoms with Crippen molar-refractivity contribution in [3.63, 3.8) is 0 Å². The zero-order valence-corrected chi connectivity index (χ0v) is 8.04. The second kappa shape index (κ2) is 4.25. The van der Waals surface area contributed by atoms with Gasteiger partial charge >= 0.3 is 5.97 Å². The molecule has 1 rings (SSSR count). The SMILES string of the molecule is CC(F)(COc1ccccc1F)C(=O)O. The van der Waals surface area contributed by atoms with Gasteiger partial charge in [-0.25, -0.2) is 13.6 Å². The van der Waals surface area contributed by atoms with Gasteiger partial charge in [-0.05, 0) is 19.1 Å². The topological polar surface area (TPSA) is 46.5 Å². The van der Waals surface area contributed by atoms with E-state index in [1.165, 1.54) is 18.2 Å². The number of alkyl halides is 1. The molecule has 0 aliphatic rings. The summed E-state index contributed by atoms with van der Waals surface area (Å²) >= 11 is 0. The third kappa shape index (κ3) is 2.90. The van der Waals surface area contributed by atoms with Gasteiger partial charge in [-0.2, -0.15) is 0 Å². The maximum atomic E-state index is 13.2. The molecule has 0 fully saturated rings. The van der Waals surface area contributed by atoms with Crippen LogP contribution in [0.15, 0.2) is 24.3 Å². The number of carboxylic acids is 1. The van der Waals surface area contributed by atoms with E-state index in [-0.39, 0.29) is 5.75 Å². The van der Waals surface area contributed by atoms with Crippen LogP contribution in [0, 0.1) is 5.82 Å². The highest BCUT2D eigenvalue weighted by molar-refractivity contribution is 5.76. The van der Waals surface area contributed by atoms with Gasteiger partial charge < -0.3 is 9.84 Å². The first kappa shape index (κ1) is 11.4. The number of aliphatic carboxylic acids is 1. The lowest BCUT2D eigenvalue weighted by molar-refractivity contribution is -0.151. The first-order chi connectivity index (χ1) is 6.93. The van der Waals surface area contributed by atoms with E-state index in [9.17, 15) is 13.6 Å². The number of carbonyl (C=O) groups is 1. The molecule has 0 aromatic heterocycles. The summed E-state index contributed by atoms with van der Waals surface area (Å²) in [6.45, 7) is 0.124. The molecule has 1 N–H and O–H groups in total. The Hall–Kier alpha value is -1.65. The number of para-hydroxylation sites is 1. The molecule has 1 aromatic carbocycles. The Morgan fingerprint density at radius 1 is 1.53 bits per heavy atom. The number of rotatable bonds is 4. The number of hydrogen-bond acceptors (Lipinski definition) is 2. The first-order valence-corrected chi connectivity index (χ1v) is 4.23. The fourth-order valence-corrected chi connectivity index (χ4v) is 0.837. The number of carboxylic acid groups (broad SMARTS) is 1.